The zero-order chi connectivity index (χ0) is 18.7. The van der Waals surface area contributed by atoms with Crippen LogP contribution in [0, 0.1) is 5.41 Å². The molecule has 0 radical (unpaired) electrons. The van der Waals surface area contributed by atoms with Gasteiger partial charge in [0.2, 0.25) is 12.7 Å². The molecule has 144 valence electrons. The fraction of sp³-hybridized carbons (Fsp3) is 0.632. The van der Waals surface area contributed by atoms with E-state index in [0.29, 0.717) is 31.3 Å². The van der Waals surface area contributed by atoms with Crippen LogP contribution in [0.2, 0.25) is 0 Å². The summed E-state index contributed by atoms with van der Waals surface area (Å²) in [4.78, 5) is 16.8. The van der Waals surface area contributed by atoms with Crippen LogP contribution in [0.15, 0.2) is 18.2 Å². The van der Waals surface area contributed by atoms with Crippen LogP contribution in [0.4, 0.5) is 0 Å². The van der Waals surface area contributed by atoms with Crippen molar-refractivity contribution < 1.29 is 24.1 Å². The highest BCUT2D eigenvalue weighted by Crippen LogP contribution is 2.36. The van der Waals surface area contributed by atoms with Crippen LogP contribution < -0.4 is 9.47 Å². The Morgan fingerprint density at radius 1 is 1.19 bits per heavy atom. The molecule has 2 aliphatic heterocycles. The number of aliphatic hydroxyl groups is 1. The minimum Gasteiger partial charge on any atom is -0.454 e. The minimum atomic E-state index is -0.426. The summed E-state index contributed by atoms with van der Waals surface area (Å²) in [6.45, 7) is 2.04. The van der Waals surface area contributed by atoms with Crippen molar-refractivity contribution in [1.29, 1.82) is 0 Å². The standard InChI is InChI=1S/C19H28N2O5/c1-20(2)17(14-4-5-15-16(10-14)26-13-25-15)18(23)21(3)11-19(12-22)6-8-24-9-7-19/h4-5,10,17,22H,6-9,11-13H2,1-3H3. The van der Waals surface area contributed by atoms with Crippen LogP contribution in [-0.4, -0.2) is 75.1 Å². The summed E-state index contributed by atoms with van der Waals surface area (Å²) in [5.74, 6) is 1.36. The molecule has 7 nitrogen and oxygen atoms in total. The molecule has 1 aromatic rings. The SMILES string of the molecule is CN(CC1(CO)CCOCC1)C(=O)C(c1ccc2c(c1)OCO2)N(C)C. The molecule has 2 aliphatic rings. The molecule has 0 saturated carbocycles. The van der Waals surface area contributed by atoms with Gasteiger partial charge in [0.1, 0.15) is 6.04 Å². The van der Waals surface area contributed by atoms with E-state index in [0.717, 1.165) is 18.4 Å². The van der Waals surface area contributed by atoms with Gasteiger partial charge in [-0.2, -0.15) is 0 Å². The van der Waals surface area contributed by atoms with Gasteiger partial charge in [0.25, 0.3) is 0 Å². The second kappa shape index (κ2) is 7.82. The molecule has 3 rings (SSSR count). The van der Waals surface area contributed by atoms with E-state index < -0.39 is 6.04 Å². The number of ether oxygens (including phenoxy) is 3. The van der Waals surface area contributed by atoms with Crippen molar-refractivity contribution >= 4 is 5.91 Å². The summed E-state index contributed by atoms with van der Waals surface area (Å²) < 4.78 is 16.2. The number of aliphatic hydroxyl groups excluding tert-OH is 1. The Bertz CT molecular complexity index is 643. The third kappa shape index (κ3) is 3.79. The van der Waals surface area contributed by atoms with Crippen LogP contribution >= 0.6 is 0 Å². The molecule has 1 unspecified atom stereocenters. The number of amides is 1. The Morgan fingerprint density at radius 3 is 2.54 bits per heavy atom. The number of fused-ring (bicyclic) bond motifs is 1. The largest absolute Gasteiger partial charge is 0.454 e. The van der Waals surface area contributed by atoms with Gasteiger partial charge in [0.05, 0.1) is 6.61 Å². The normalized spacial score (nSPS) is 19.4. The highest BCUT2D eigenvalue weighted by molar-refractivity contribution is 5.83. The number of carbonyl (C=O) groups is 1. The van der Waals surface area contributed by atoms with Gasteiger partial charge in [-0.15, -0.1) is 0 Å². The Morgan fingerprint density at radius 2 is 1.88 bits per heavy atom. The number of benzene rings is 1. The van der Waals surface area contributed by atoms with Crippen LogP contribution in [0.25, 0.3) is 0 Å². The Labute approximate surface area is 154 Å². The fourth-order valence-corrected chi connectivity index (χ4v) is 3.71. The van der Waals surface area contributed by atoms with Gasteiger partial charge in [0.15, 0.2) is 11.5 Å². The van der Waals surface area contributed by atoms with Crippen molar-refractivity contribution in [3.05, 3.63) is 23.8 Å². The van der Waals surface area contributed by atoms with Crippen molar-refractivity contribution in [2.45, 2.75) is 18.9 Å². The Kier molecular flexibility index (Phi) is 5.70. The van der Waals surface area contributed by atoms with E-state index in [1.165, 1.54) is 0 Å². The number of likely N-dealkylation sites (N-methyl/N-ethyl adjacent to an activating group) is 2. The summed E-state index contributed by atoms with van der Waals surface area (Å²) in [5, 5.41) is 9.91. The molecular formula is C19H28N2O5. The average molecular weight is 364 g/mol. The molecule has 0 spiro atoms. The van der Waals surface area contributed by atoms with E-state index in [9.17, 15) is 9.90 Å². The van der Waals surface area contributed by atoms with Gasteiger partial charge in [-0.1, -0.05) is 6.07 Å². The molecule has 1 fully saturated rings. The predicted octanol–water partition coefficient (Wildman–Crippen LogP) is 1.27. The minimum absolute atomic E-state index is 0.00631. The lowest BCUT2D eigenvalue weighted by atomic mass is 9.80. The van der Waals surface area contributed by atoms with E-state index in [4.69, 9.17) is 14.2 Å². The summed E-state index contributed by atoms with van der Waals surface area (Å²) >= 11 is 0. The Hall–Kier alpha value is -1.83. The maximum absolute atomic E-state index is 13.2. The highest BCUT2D eigenvalue weighted by atomic mass is 16.7. The average Bonchev–Trinajstić information content (AvgIpc) is 3.10. The summed E-state index contributed by atoms with van der Waals surface area (Å²) in [6.07, 6.45) is 1.52. The molecule has 0 aliphatic carbocycles. The van der Waals surface area contributed by atoms with Crippen LogP contribution in [-0.2, 0) is 9.53 Å². The molecule has 1 saturated heterocycles. The summed E-state index contributed by atoms with van der Waals surface area (Å²) in [5.41, 5.74) is 0.579. The number of hydrogen-bond donors (Lipinski definition) is 1. The molecule has 1 aromatic carbocycles. The monoisotopic (exact) mass is 364 g/mol. The Balaban J connectivity index is 1.78. The lowest BCUT2D eigenvalue weighted by Crippen LogP contribution is -2.47. The number of carbonyl (C=O) groups excluding carboxylic acids is 1. The third-order valence-electron chi connectivity index (χ3n) is 5.30. The topological polar surface area (TPSA) is 71.5 Å². The van der Waals surface area contributed by atoms with E-state index in [-0.39, 0.29) is 24.7 Å². The number of rotatable bonds is 6. The molecule has 1 atom stereocenters. The van der Waals surface area contributed by atoms with E-state index in [1.807, 2.05) is 37.2 Å². The zero-order valence-corrected chi connectivity index (χ0v) is 15.7. The first-order chi connectivity index (χ1) is 12.5. The van der Waals surface area contributed by atoms with Crippen molar-refractivity contribution in [1.82, 2.24) is 9.80 Å². The van der Waals surface area contributed by atoms with Crippen LogP contribution in [0.5, 0.6) is 11.5 Å². The first-order valence-electron chi connectivity index (χ1n) is 8.95. The molecule has 7 heteroatoms. The van der Waals surface area contributed by atoms with Gasteiger partial charge in [-0.25, -0.2) is 0 Å². The van der Waals surface area contributed by atoms with E-state index in [2.05, 4.69) is 0 Å². The number of hydrogen-bond acceptors (Lipinski definition) is 6. The predicted molar refractivity (Wildman–Crippen MR) is 96.2 cm³/mol. The summed E-state index contributed by atoms with van der Waals surface area (Å²) in [7, 11) is 5.58. The van der Waals surface area contributed by atoms with Crippen molar-refractivity contribution in [3.63, 3.8) is 0 Å². The molecule has 0 bridgehead atoms. The lowest BCUT2D eigenvalue weighted by Gasteiger charge is -2.40. The smallest absolute Gasteiger partial charge is 0.244 e. The molecule has 1 amide bonds. The maximum Gasteiger partial charge on any atom is 0.244 e. The second-order valence-corrected chi connectivity index (χ2v) is 7.44. The number of nitrogens with zero attached hydrogens (tertiary/aromatic N) is 2. The van der Waals surface area contributed by atoms with Crippen molar-refractivity contribution in [2.24, 2.45) is 5.41 Å². The van der Waals surface area contributed by atoms with Gasteiger partial charge >= 0.3 is 0 Å². The first-order valence-corrected chi connectivity index (χ1v) is 8.95. The van der Waals surface area contributed by atoms with Gasteiger partial charge in [-0.3, -0.25) is 9.69 Å². The molecule has 26 heavy (non-hydrogen) atoms. The van der Waals surface area contributed by atoms with Crippen molar-refractivity contribution in [3.8, 4) is 11.5 Å². The first kappa shape index (κ1) is 18.9. The zero-order valence-electron chi connectivity index (χ0n) is 15.7. The maximum atomic E-state index is 13.2. The van der Waals surface area contributed by atoms with E-state index >= 15 is 0 Å². The fourth-order valence-electron chi connectivity index (χ4n) is 3.71. The molecular weight excluding hydrogens is 336 g/mol. The molecule has 0 aromatic heterocycles. The second-order valence-electron chi connectivity index (χ2n) is 7.44. The van der Waals surface area contributed by atoms with Gasteiger partial charge < -0.3 is 24.2 Å². The van der Waals surface area contributed by atoms with Gasteiger partial charge in [-0.05, 0) is 44.6 Å². The van der Waals surface area contributed by atoms with Crippen molar-refractivity contribution in [2.75, 3.05) is 54.3 Å². The quantitative estimate of drug-likeness (QED) is 0.820. The highest BCUT2D eigenvalue weighted by Gasteiger charge is 2.36. The lowest BCUT2D eigenvalue weighted by molar-refractivity contribution is -0.138. The van der Waals surface area contributed by atoms with Crippen LogP contribution in [0.1, 0.15) is 24.4 Å². The van der Waals surface area contributed by atoms with Gasteiger partial charge in [0, 0.05) is 32.2 Å². The molecule has 1 N–H and O–H groups in total. The van der Waals surface area contributed by atoms with E-state index in [1.54, 1.807) is 11.9 Å². The van der Waals surface area contributed by atoms with Crippen LogP contribution in [0.3, 0.4) is 0 Å². The molecule has 2 heterocycles. The summed E-state index contributed by atoms with van der Waals surface area (Å²) in [6, 6.07) is 5.19. The third-order valence-corrected chi connectivity index (χ3v) is 5.30.